The number of rotatable bonds is 4. The molecule has 0 aliphatic heterocycles. The molecule has 1 rings (SSSR count). The van der Waals surface area contributed by atoms with Crippen LogP contribution in [0.2, 0.25) is 0 Å². The Labute approximate surface area is 69.8 Å². The molecule has 4 heteroatoms. The van der Waals surface area contributed by atoms with Crippen molar-refractivity contribution in [3.8, 4) is 0 Å². The van der Waals surface area contributed by atoms with Gasteiger partial charge in [-0.25, -0.2) is 0 Å². The van der Waals surface area contributed by atoms with Gasteiger partial charge in [0.1, 0.15) is 24.5 Å². The first-order chi connectivity index (χ1) is 5.72. The minimum atomic E-state index is -0.895. The van der Waals surface area contributed by atoms with Gasteiger partial charge in [-0.15, -0.1) is 0 Å². The third kappa shape index (κ3) is 2.39. The number of methoxy groups -OCH3 is 1. The molecule has 0 spiro atoms. The van der Waals surface area contributed by atoms with E-state index in [2.05, 4.69) is 0 Å². The van der Waals surface area contributed by atoms with Gasteiger partial charge in [-0.3, -0.25) is 4.79 Å². The van der Waals surface area contributed by atoms with Gasteiger partial charge in [-0.05, 0) is 12.1 Å². The molecule has 0 fully saturated rings. The van der Waals surface area contributed by atoms with E-state index in [0.717, 1.165) is 0 Å². The first-order valence-electron chi connectivity index (χ1n) is 3.50. The summed E-state index contributed by atoms with van der Waals surface area (Å²) in [5.74, 6) is 0.205. The molecule has 1 aromatic heterocycles. The second kappa shape index (κ2) is 3.92. The molecule has 1 heterocycles. The van der Waals surface area contributed by atoms with Crippen LogP contribution < -0.4 is 0 Å². The monoisotopic (exact) mass is 170 g/mol. The normalized spacial score (nSPS) is 10.1. The Morgan fingerprint density at radius 1 is 1.58 bits per heavy atom. The molecular formula is C8H10O4. The number of carboxylic acid groups (broad SMARTS) is 1. The summed E-state index contributed by atoms with van der Waals surface area (Å²) in [5.41, 5.74) is 0. The van der Waals surface area contributed by atoms with Crippen molar-refractivity contribution in [1.29, 1.82) is 0 Å². The minimum Gasteiger partial charge on any atom is -0.481 e. The lowest BCUT2D eigenvalue weighted by atomic mass is 10.3. The van der Waals surface area contributed by atoms with Gasteiger partial charge in [-0.2, -0.15) is 0 Å². The maximum atomic E-state index is 10.2. The second-order valence-corrected chi connectivity index (χ2v) is 2.37. The van der Waals surface area contributed by atoms with Crippen LogP contribution in [0.15, 0.2) is 16.5 Å². The molecule has 0 saturated heterocycles. The number of ether oxygens (including phenoxy) is 1. The summed E-state index contributed by atoms with van der Waals surface area (Å²) in [6.45, 7) is 0.375. The molecule has 0 atom stereocenters. The van der Waals surface area contributed by atoms with Crippen molar-refractivity contribution in [2.75, 3.05) is 7.11 Å². The second-order valence-electron chi connectivity index (χ2n) is 2.37. The third-order valence-corrected chi connectivity index (χ3v) is 1.33. The highest BCUT2D eigenvalue weighted by Crippen LogP contribution is 2.09. The van der Waals surface area contributed by atoms with E-state index in [1.54, 1.807) is 19.2 Å². The summed E-state index contributed by atoms with van der Waals surface area (Å²) >= 11 is 0. The quantitative estimate of drug-likeness (QED) is 0.733. The van der Waals surface area contributed by atoms with Crippen molar-refractivity contribution < 1.29 is 19.1 Å². The molecule has 66 valence electrons. The summed E-state index contributed by atoms with van der Waals surface area (Å²) in [7, 11) is 1.55. The zero-order valence-electron chi connectivity index (χ0n) is 6.74. The van der Waals surface area contributed by atoms with Crippen molar-refractivity contribution in [2.45, 2.75) is 13.0 Å². The predicted molar refractivity (Wildman–Crippen MR) is 40.8 cm³/mol. The Bertz CT molecular complexity index is 264. The molecule has 4 nitrogen and oxygen atoms in total. The van der Waals surface area contributed by atoms with Crippen LogP contribution in [-0.4, -0.2) is 18.2 Å². The van der Waals surface area contributed by atoms with Gasteiger partial charge in [-0.1, -0.05) is 0 Å². The fourth-order valence-electron chi connectivity index (χ4n) is 0.886. The van der Waals surface area contributed by atoms with E-state index >= 15 is 0 Å². The van der Waals surface area contributed by atoms with E-state index < -0.39 is 5.97 Å². The van der Waals surface area contributed by atoms with Gasteiger partial charge in [0, 0.05) is 7.11 Å². The van der Waals surface area contributed by atoms with Crippen molar-refractivity contribution in [3.63, 3.8) is 0 Å². The number of carbonyl (C=O) groups is 1. The fraction of sp³-hybridized carbons (Fsp3) is 0.375. The van der Waals surface area contributed by atoms with Crippen LogP contribution in [-0.2, 0) is 22.6 Å². The zero-order valence-corrected chi connectivity index (χ0v) is 6.74. The maximum absolute atomic E-state index is 10.2. The summed E-state index contributed by atoms with van der Waals surface area (Å²) in [5, 5.41) is 8.41. The van der Waals surface area contributed by atoms with E-state index in [9.17, 15) is 4.79 Å². The van der Waals surface area contributed by atoms with E-state index in [1.165, 1.54) is 0 Å². The zero-order chi connectivity index (χ0) is 8.97. The highest BCUT2D eigenvalue weighted by atomic mass is 16.5. The first kappa shape index (κ1) is 8.80. The van der Waals surface area contributed by atoms with E-state index in [-0.39, 0.29) is 6.42 Å². The third-order valence-electron chi connectivity index (χ3n) is 1.33. The van der Waals surface area contributed by atoms with Gasteiger partial charge in [0.15, 0.2) is 0 Å². The van der Waals surface area contributed by atoms with Crippen molar-refractivity contribution in [3.05, 3.63) is 23.7 Å². The number of carboxylic acids is 1. The van der Waals surface area contributed by atoms with Crippen molar-refractivity contribution >= 4 is 5.97 Å². The van der Waals surface area contributed by atoms with Gasteiger partial charge >= 0.3 is 5.97 Å². The minimum absolute atomic E-state index is 0.0796. The van der Waals surface area contributed by atoms with Gasteiger partial charge < -0.3 is 14.3 Å². The van der Waals surface area contributed by atoms with Gasteiger partial charge in [0.25, 0.3) is 0 Å². The summed E-state index contributed by atoms with van der Waals surface area (Å²) < 4.78 is 9.93. The Morgan fingerprint density at radius 2 is 2.25 bits per heavy atom. The number of aliphatic carboxylic acids is 1. The molecule has 0 aliphatic carbocycles. The number of hydrogen-bond donors (Lipinski definition) is 1. The molecule has 1 N–H and O–H groups in total. The first-order valence-corrected chi connectivity index (χ1v) is 3.50. The SMILES string of the molecule is COCc1ccc(CC(=O)O)o1. The Balaban J connectivity index is 2.58. The summed E-state index contributed by atoms with van der Waals surface area (Å²) in [4.78, 5) is 10.2. The molecular weight excluding hydrogens is 160 g/mol. The van der Waals surface area contributed by atoms with E-state index in [1.807, 2.05) is 0 Å². The van der Waals surface area contributed by atoms with Crippen LogP contribution in [0.25, 0.3) is 0 Å². The van der Waals surface area contributed by atoms with Crippen LogP contribution in [0.3, 0.4) is 0 Å². The van der Waals surface area contributed by atoms with Gasteiger partial charge in [0.2, 0.25) is 0 Å². The lowest BCUT2D eigenvalue weighted by molar-refractivity contribution is -0.136. The van der Waals surface area contributed by atoms with Crippen LogP contribution in [0.1, 0.15) is 11.5 Å². The highest BCUT2D eigenvalue weighted by Gasteiger charge is 2.05. The van der Waals surface area contributed by atoms with Gasteiger partial charge in [0.05, 0.1) is 0 Å². The Kier molecular flexibility index (Phi) is 2.88. The largest absolute Gasteiger partial charge is 0.481 e. The van der Waals surface area contributed by atoms with E-state index in [0.29, 0.717) is 18.1 Å². The molecule has 0 aromatic carbocycles. The highest BCUT2D eigenvalue weighted by molar-refractivity contribution is 5.69. The van der Waals surface area contributed by atoms with E-state index in [4.69, 9.17) is 14.3 Å². The number of hydrogen-bond acceptors (Lipinski definition) is 3. The molecule has 0 amide bonds. The average Bonchev–Trinajstić information content (AvgIpc) is 2.36. The summed E-state index contributed by atoms with van der Waals surface area (Å²) in [6.07, 6.45) is -0.0796. The van der Waals surface area contributed by atoms with Crippen LogP contribution in [0.5, 0.6) is 0 Å². The molecule has 0 unspecified atom stereocenters. The molecule has 12 heavy (non-hydrogen) atoms. The van der Waals surface area contributed by atoms with Crippen LogP contribution in [0, 0.1) is 0 Å². The Hall–Kier alpha value is -1.29. The lowest BCUT2D eigenvalue weighted by Gasteiger charge is -1.92. The smallest absolute Gasteiger partial charge is 0.311 e. The van der Waals surface area contributed by atoms with Crippen LogP contribution in [0.4, 0.5) is 0 Å². The molecule has 0 bridgehead atoms. The number of furan rings is 1. The maximum Gasteiger partial charge on any atom is 0.311 e. The standard InChI is InChI=1S/C8H10O4/c1-11-5-7-3-2-6(12-7)4-8(9)10/h2-3H,4-5H2,1H3,(H,9,10). The molecule has 0 aliphatic rings. The Morgan fingerprint density at radius 3 is 2.83 bits per heavy atom. The van der Waals surface area contributed by atoms with Crippen molar-refractivity contribution in [2.24, 2.45) is 0 Å². The molecule has 0 saturated carbocycles. The lowest BCUT2D eigenvalue weighted by Crippen LogP contribution is -1.98. The molecule has 0 radical (unpaired) electrons. The predicted octanol–water partition coefficient (Wildman–Crippen LogP) is 1.05. The summed E-state index contributed by atoms with van der Waals surface area (Å²) in [6, 6.07) is 3.35. The fourth-order valence-corrected chi connectivity index (χ4v) is 0.886. The van der Waals surface area contributed by atoms with Crippen LogP contribution >= 0.6 is 0 Å². The molecule has 1 aromatic rings. The average molecular weight is 170 g/mol. The topological polar surface area (TPSA) is 59.7 Å². The van der Waals surface area contributed by atoms with Crippen molar-refractivity contribution in [1.82, 2.24) is 0 Å².